The highest BCUT2D eigenvalue weighted by Crippen LogP contribution is 2.19. The molecule has 4 nitrogen and oxygen atoms in total. The molecule has 1 aliphatic rings. The molecule has 1 aliphatic heterocycles. The second-order valence-electron chi connectivity index (χ2n) is 3.83. The molecule has 0 amide bonds. The van der Waals surface area contributed by atoms with Crippen molar-refractivity contribution in [3.63, 3.8) is 0 Å². The quantitative estimate of drug-likeness (QED) is 0.712. The maximum Gasteiger partial charge on any atom is 0.225 e. The molecule has 2 heterocycles. The average Bonchev–Trinajstić information content (AvgIpc) is 2.23. The van der Waals surface area contributed by atoms with Crippen LogP contribution in [0.2, 0.25) is 0 Å². The number of piperidine rings is 1. The summed E-state index contributed by atoms with van der Waals surface area (Å²) < 4.78 is 0. The standard InChI is InChI=1S/C10H15N3O/c1-8-3-6-13(7-9(8)14)10-11-4-2-5-12-10/h2,4-5,8-9,14H,3,6-7H2,1H3. The summed E-state index contributed by atoms with van der Waals surface area (Å²) in [5.41, 5.74) is 0. The predicted molar refractivity (Wildman–Crippen MR) is 54.0 cm³/mol. The number of β-amino-alcohol motifs (C(OH)–C–C–N with tert-alkyl or cyclic N) is 1. The first-order chi connectivity index (χ1) is 6.77. The molecule has 1 N–H and O–H groups in total. The highest BCUT2D eigenvalue weighted by atomic mass is 16.3. The third-order valence-electron chi connectivity index (χ3n) is 2.75. The molecule has 0 spiro atoms. The molecule has 0 aliphatic carbocycles. The minimum absolute atomic E-state index is 0.257. The third kappa shape index (κ3) is 1.85. The fraction of sp³-hybridized carbons (Fsp3) is 0.600. The summed E-state index contributed by atoms with van der Waals surface area (Å²) in [5, 5.41) is 9.71. The summed E-state index contributed by atoms with van der Waals surface area (Å²) in [7, 11) is 0. The summed E-state index contributed by atoms with van der Waals surface area (Å²) in [4.78, 5) is 10.4. The fourth-order valence-electron chi connectivity index (χ4n) is 1.69. The first kappa shape index (κ1) is 9.40. The minimum atomic E-state index is -0.257. The van der Waals surface area contributed by atoms with E-state index in [4.69, 9.17) is 0 Å². The lowest BCUT2D eigenvalue weighted by molar-refractivity contribution is 0.102. The van der Waals surface area contributed by atoms with Crippen molar-refractivity contribution in [3.05, 3.63) is 18.5 Å². The SMILES string of the molecule is CC1CCN(c2ncccn2)CC1O. The van der Waals surface area contributed by atoms with E-state index < -0.39 is 0 Å². The zero-order chi connectivity index (χ0) is 9.97. The summed E-state index contributed by atoms with van der Waals surface area (Å²) in [6, 6.07) is 1.80. The Balaban J connectivity index is 2.07. The van der Waals surface area contributed by atoms with Crippen molar-refractivity contribution in [3.8, 4) is 0 Å². The highest BCUT2D eigenvalue weighted by Gasteiger charge is 2.25. The average molecular weight is 193 g/mol. The van der Waals surface area contributed by atoms with Crippen molar-refractivity contribution in [2.75, 3.05) is 18.0 Å². The van der Waals surface area contributed by atoms with Gasteiger partial charge in [-0.2, -0.15) is 0 Å². The smallest absolute Gasteiger partial charge is 0.225 e. The Morgan fingerprint density at radius 1 is 1.43 bits per heavy atom. The van der Waals surface area contributed by atoms with Crippen LogP contribution in [-0.2, 0) is 0 Å². The van der Waals surface area contributed by atoms with Gasteiger partial charge in [0.05, 0.1) is 6.10 Å². The number of nitrogens with zero attached hydrogens (tertiary/aromatic N) is 3. The normalized spacial score (nSPS) is 27.7. The lowest BCUT2D eigenvalue weighted by atomic mass is 9.96. The zero-order valence-corrected chi connectivity index (χ0v) is 8.30. The van der Waals surface area contributed by atoms with Crippen LogP contribution in [0, 0.1) is 5.92 Å². The maximum atomic E-state index is 9.71. The molecule has 0 saturated carbocycles. The van der Waals surface area contributed by atoms with E-state index >= 15 is 0 Å². The number of hydrogen-bond donors (Lipinski definition) is 1. The summed E-state index contributed by atoms with van der Waals surface area (Å²) in [6.07, 6.45) is 4.20. The Kier molecular flexibility index (Phi) is 2.63. The van der Waals surface area contributed by atoms with Gasteiger partial charge in [0.2, 0.25) is 5.95 Å². The van der Waals surface area contributed by atoms with E-state index in [2.05, 4.69) is 16.9 Å². The van der Waals surface area contributed by atoms with Gasteiger partial charge in [-0.1, -0.05) is 6.92 Å². The molecule has 1 fully saturated rings. The van der Waals surface area contributed by atoms with Crippen LogP contribution >= 0.6 is 0 Å². The Hall–Kier alpha value is -1.16. The first-order valence-electron chi connectivity index (χ1n) is 4.97. The van der Waals surface area contributed by atoms with Crippen molar-refractivity contribution < 1.29 is 5.11 Å². The van der Waals surface area contributed by atoms with Crippen molar-refractivity contribution in [2.45, 2.75) is 19.4 Å². The largest absolute Gasteiger partial charge is 0.391 e. The van der Waals surface area contributed by atoms with E-state index in [0.29, 0.717) is 12.5 Å². The second-order valence-corrected chi connectivity index (χ2v) is 3.83. The van der Waals surface area contributed by atoms with Crippen LogP contribution in [0.4, 0.5) is 5.95 Å². The first-order valence-corrected chi connectivity index (χ1v) is 4.97. The summed E-state index contributed by atoms with van der Waals surface area (Å²) in [5.74, 6) is 1.11. The molecule has 1 saturated heterocycles. The van der Waals surface area contributed by atoms with Gasteiger partial charge >= 0.3 is 0 Å². The van der Waals surface area contributed by atoms with Gasteiger partial charge in [0, 0.05) is 25.5 Å². The Bertz CT molecular complexity index is 291. The van der Waals surface area contributed by atoms with E-state index in [0.717, 1.165) is 18.9 Å². The zero-order valence-electron chi connectivity index (χ0n) is 8.30. The number of hydrogen-bond acceptors (Lipinski definition) is 4. The van der Waals surface area contributed by atoms with E-state index in [1.807, 2.05) is 4.90 Å². The fourth-order valence-corrected chi connectivity index (χ4v) is 1.69. The molecule has 1 aromatic heterocycles. The number of aromatic nitrogens is 2. The molecule has 76 valence electrons. The van der Waals surface area contributed by atoms with Crippen molar-refractivity contribution >= 4 is 5.95 Å². The molecule has 0 aromatic carbocycles. The van der Waals surface area contributed by atoms with Gasteiger partial charge in [0.1, 0.15) is 0 Å². The van der Waals surface area contributed by atoms with Crippen LogP contribution < -0.4 is 4.90 Å². The molecule has 2 rings (SSSR count). The van der Waals surface area contributed by atoms with Crippen LogP contribution in [0.3, 0.4) is 0 Å². The van der Waals surface area contributed by atoms with E-state index in [1.165, 1.54) is 0 Å². The van der Waals surface area contributed by atoms with E-state index in [1.54, 1.807) is 18.5 Å². The molecular weight excluding hydrogens is 178 g/mol. The van der Waals surface area contributed by atoms with Gasteiger partial charge in [-0.3, -0.25) is 0 Å². The lowest BCUT2D eigenvalue weighted by Crippen LogP contribution is -2.43. The molecule has 4 heteroatoms. The van der Waals surface area contributed by atoms with Crippen molar-refractivity contribution in [2.24, 2.45) is 5.92 Å². The van der Waals surface area contributed by atoms with E-state index in [-0.39, 0.29) is 6.10 Å². The van der Waals surface area contributed by atoms with Crippen LogP contribution in [0.5, 0.6) is 0 Å². The van der Waals surface area contributed by atoms with E-state index in [9.17, 15) is 5.11 Å². The molecule has 0 radical (unpaired) electrons. The predicted octanol–water partition coefficient (Wildman–Crippen LogP) is 0.684. The Labute approximate surface area is 83.6 Å². The highest BCUT2D eigenvalue weighted by molar-refractivity contribution is 5.29. The van der Waals surface area contributed by atoms with Crippen molar-refractivity contribution in [1.82, 2.24) is 9.97 Å². The van der Waals surface area contributed by atoms with Gasteiger partial charge in [-0.15, -0.1) is 0 Å². The Morgan fingerprint density at radius 2 is 2.14 bits per heavy atom. The van der Waals surface area contributed by atoms with Crippen molar-refractivity contribution in [1.29, 1.82) is 0 Å². The monoisotopic (exact) mass is 193 g/mol. The molecule has 0 bridgehead atoms. The Morgan fingerprint density at radius 3 is 2.79 bits per heavy atom. The molecule has 14 heavy (non-hydrogen) atoms. The molecule has 1 aromatic rings. The number of rotatable bonds is 1. The van der Waals surface area contributed by atoms with Crippen LogP contribution in [-0.4, -0.2) is 34.3 Å². The van der Waals surface area contributed by atoms with Gasteiger partial charge in [-0.05, 0) is 18.4 Å². The molecule has 2 unspecified atom stereocenters. The lowest BCUT2D eigenvalue weighted by Gasteiger charge is -2.34. The van der Waals surface area contributed by atoms with Crippen LogP contribution in [0.15, 0.2) is 18.5 Å². The maximum absolute atomic E-state index is 9.71. The summed E-state index contributed by atoms with van der Waals surface area (Å²) in [6.45, 7) is 3.65. The van der Waals surface area contributed by atoms with Gasteiger partial charge in [-0.25, -0.2) is 9.97 Å². The van der Waals surface area contributed by atoms with Gasteiger partial charge in [0.25, 0.3) is 0 Å². The third-order valence-corrected chi connectivity index (χ3v) is 2.75. The van der Waals surface area contributed by atoms with Gasteiger partial charge < -0.3 is 10.0 Å². The number of aliphatic hydroxyl groups excluding tert-OH is 1. The minimum Gasteiger partial charge on any atom is -0.391 e. The van der Waals surface area contributed by atoms with Crippen LogP contribution in [0.25, 0.3) is 0 Å². The number of anilines is 1. The number of aliphatic hydroxyl groups is 1. The van der Waals surface area contributed by atoms with Gasteiger partial charge in [0.15, 0.2) is 0 Å². The van der Waals surface area contributed by atoms with Crippen LogP contribution in [0.1, 0.15) is 13.3 Å². The second kappa shape index (κ2) is 3.92. The molecule has 2 atom stereocenters. The molecular formula is C10H15N3O. The summed E-state index contributed by atoms with van der Waals surface area (Å²) >= 11 is 0. The topological polar surface area (TPSA) is 49.2 Å².